The molecule has 0 saturated carbocycles. The van der Waals surface area contributed by atoms with Crippen LogP contribution >= 0.6 is 0 Å². The summed E-state index contributed by atoms with van der Waals surface area (Å²) in [6.45, 7) is 1.68. The molecule has 0 heterocycles. The standard InChI is InChI=1S/C10H10N2O5/c1-6-2-3-7(8(4-6)12(16)17)11-9(13)5-10(14)15/h2-4H,5H2,1H3,(H,11,13)(H,14,15). The van der Waals surface area contributed by atoms with Crippen LogP contribution in [0.4, 0.5) is 11.4 Å². The lowest BCUT2D eigenvalue weighted by Crippen LogP contribution is -2.16. The molecular formula is C10H10N2O5. The van der Waals surface area contributed by atoms with Gasteiger partial charge in [-0.15, -0.1) is 0 Å². The second-order valence-corrected chi connectivity index (χ2v) is 3.40. The highest BCUT2D eigenvalue weighted by Crippen LogP contribution is 2.25. The maximum absolute atomic E-state index is 11.2. The van der Waals surface area contributed by atoms with E-state index in [1.54, 1.807) is 13.0 Å². The first-order valence-electron chi connectivity index (χ1n) is 4.67. The molecule has 0 fully saturated rings. The van der Waals surface area contributed by atoms with Gasteiger partial charge >= 0.3 is 5.97 Å². The molecule has 1 amide bonds. The largest absolute Gasteiger partial charge is 0.481 e. The lowest BCUT2D eigenvalue weighted by molar-refractivity contribution is -0.384. The minimum Gasteiger partial charge on any atom is -0.481 e. The van der Waals surface area contributed by atoms with Gasteiger partial charge in [-0.1, -0.05) is 6.07 Å². The number of carboxylic acids is 1. The van der Waals surface area contributed by atoms with Gasteiger partial charge in [0.2, 0.25) is 5.91 Å². The Labute approximate surface area is 96.2 Å². The van der Waals surface area contributed by atoms with Gasteiger partial charge in [-0.2, -0.15) is 0 Å². The van der Waals surface area contributed by atoms with Gasteiger partial charge in [0.05, 0.1) is 4.92 Å². The Balaban J connectivity index is 2.94. The van der Waals surface area contributed by atoms with Gasteiger partial charge in [0.25, 0.3) is 5.69 Å². The van der Waals surface area contributed by atoms with E-state index in [4.69, 9.17) is 5.11 Å². The van der Waals surface area contributed by atoms with Gasteiger partial charge < -0.3 is 10.4 Å². The molecule has 0 bridgehead atoms. The van der Waals surface area contributed by atoms with Crippen LogP contribution < -0.4 is 5.32 Å². The quantitative estimate of drug-likeness (QED) is 0.467. The average molecular weight is 238 g/mol. The van der Waals surface area contributed by atoms with Gasteiger partial charge in [0.1, 0.15) is 12.1 Å². The van der Waals surface area contributed by atoms with E-state index in [2.05, 4.69) is 5.32 Å². The number of hydrogen-bond acceptors (Lipinski definition) is 4. The number of carbonyl (C=O) groups is 2. The number of anilines is 1. The van der Waals surface area contributed by atoms with Gasteiger partial charge in [0.15, 0.2) is 0 Å². The van der Waals surface area contributed by atoms with E-state index in [0.29, 0.717) is 5.56 Å². The third kappa shape index (κ3) is 3.56. The molecule has 0 unspecified atom stereocenters. The van der Waals surface area contributed by atoms with Crippen LogP contribution in [0.3, 0.4) is 0 Å². The molecule has 0 aliphatic rings. The Kier molecular flexibility index (Phi) is 3.76. The van der Waals surface area contributed by atoms with Crippen molar-refractivity contribution >= 4 is 23.3 Å². The lowest BCUT2D eigenvalue weighted by Gasteiger charge is -2.05. The molecule has 0 saturated heterocycles. The van der Waals surface area contributed by atoms with Crippen molar-refractivity contribution in [3.05, 3.63) is 33.9 Å². The SMILES string of the molecule is Cc1ccc(NC(=O)CC(=O)O)c([N+](=O)[O-])c1. The van der Waals surface area contributed by atoms with E-state index < -0.39 is 23.2 Å². The zero-order valence-electron chi connectivity index (χ0n) is 8.97. The Hall–Kier alpha value is -2.44. The zero-order chi connectivity index (χ0) is 13.0. The Bertz CT molecular complexity index is 484. The van der Waals surface area contributed by atoms with Crippen LogP contribution in [-0.4, -0.2) is 21.9 Å². The topological polar surface area (TPSA) is 110 Å². The molecule has 90 valence electrons. The molecule has 0 radical (unpaired) electrons. The van der Waals surface area contributed by atoms with Gasteiger partial charge in [0, 0.05) is 6.07 Å². The van der Waals surface area contributed by atoms with Crippen LogP contribution in [0.5, 0.6) is 0 Å². The highest BCUT2D eigenvalue weighted by molar-refractivity contribution is 6.02. The normalized spacial score (nSPS) is 9.71. The van der Waals surface area contributed by atoms with Crippen molar-refractivity contribution in [3.8, 4) is 0 Å². The maximum atomic E-state index is 11.2. The smallest absolute Gasteiger partial charge is 0.312 e. The second kappa shape index (κ2) is 5.06. The second-order valence-electron chi connectivity index (χ2n) is 3.40. The fraction of sp³-hybridized carbons (Fsp3) is 0.200. The summed E-state index contributed by atoms with van der Waals surface area (Å²) in [4.78, 5) is 31.5. The number of carbonyl (C=O) groups excluding carboxylic acids is 1. The number of hydrogen-bond donors (Lipinski definition) is 2. The van der Waals surface area contributed by atoms with Gasteiger partial charge in [-0.05, 0) is 18.6 Å². The molecule has 17 heavy (non-hydrogen) atoms. The van der Waals surface area contributed by atoms with E-state index in [-0.39, 0.29) is 11.4 Å². The lowest BCUT2D eigenvalue weighted by atomic mass is 10.2. The monoisotopic (exact) mass is 238 g/mol. The van der Waals surface area contributed by atoms with Crippen molar-refractivity contribution in [3.63, 3.8) is 0 Å². The summed E-state index contributed by atoms with van der Waals surface area (Å²) in [5, 5.41) is 21.3. The minimum absolute atomic E-state index is 0.00755. The molecule has 1 aromatic rings. The summed E-state index contributed by atoms with van der Waals surface area (Å²) in [5.41, 5.74) is 0.406. The predicted molar refractivity (Wildman–Crippen MR) is 58.7 cm³/mol. The summed E-state index contributed by atoms with van der Waals surface area (Å²) in [6, 6.07) is 4.26. The number of nitro benzene ring substituents is 1. The molecule has 1 aromatic carbocycles. The van der Waals surface area contributed by atoms with Crippen LogP contribution in [0.15, 0.2) is 18.2 Å². The van der Waals surface area contributed by atoms with E-state index in [9.17, 15) is 19.7 Å². The number of nitro groups is 1. The first kappa shape index (κ1) is 12.6. The molecule has 0 spiro atoms. The molecule has 0 aliphatic carbocycles. The predicted octanol–water partition coefficient (Wildman–Crippen LogP) is 1.32. The number of aliphatic carboxylic acids is 1. The first-order valence-corrected chi connectivity index (χ1v) is 4.67. The molecule has 7 nitrogen and oxygen atoms in total. The number of rotatable bonds is 4. The van der Waals surface area contributed by atoms with E-state index in [1.807, 2.05) is 0 Å². The number of nitrogens with one attached hydrogen (secondary N) is 1. The molecule has 0 aromatic heterocycles. The summed E-state index contributed by atoms with van der Waals surface area (Å²) >= 11 is 0. The molecular weight excluding hydrogens is 228 g/mol. The highest BCUT2D eigenvalue weighted by atomic mass is 16.6. The van der Waals surface area contributed by atoms with Crippen molar-refractivity contribution < 1.29 is 19.6 Å². The zero-order valence-corrected chi connectivity index (χ0v) is 8.97. The highest BCUT2D eigenvalue weighted by Gasteiger charge is 2.17. The number of carboxylic acid groups (broad SMARTS) is 1. The van der Waals surface area contributed by atoms with Crippen molar-refractivity contribution in [2.75, 3.05) is 5.32 Å². The van der Waals surface area contributed by atoms with Crippen molar-refractivity contribution in [2.45, 2.75) is 13.3 Å². The van der Waals surface area contributed by atoms with E-state index in [0.717, 1.165) is 0 Å². The van der Waals surface area contributed by atoms with Crippen molar-refractivity contribution in [1.82, 2.24) is 0 Å². The molecule has 0 aliphatic heterocycles. The number of nitrogens with zero attached hydrogens (tertiary/aromatic N) is 1. The summed E-state index contributed by atoms with van der Waals surface area (Å²) in [6.07, 6.45) is -0.731. The maximum Gasteiger partial charge on any atom is 0.312 e. The molecule has 0 atom stereocenters. The fourth-order valence-electron chi connectivity index (χ4n) is 1.23. The minimum atomic E-state index is -1.29. The van der Waals surface area contributed by atoms with Crippen LogP contribution in [0.1, 0.15) is 12.0 Å². The Morgan fingerprint density at radius 3 is 2.65 bits per heavy atom. The summed E-state index contributed by atoms with van der Waals surface area (Å²) in [7, 11) is 0. The number of benzene rings is 1. The Morgan fingerprint density at radius 1 is 1.47 bits per heavy atom. The van der Waals surface area contributed by atoms with Crippen LogP contribution in [-0.2, 0) is 9.59 Å². The third-order valence-corrected chi connectivity index (χ3v) is 1.94. The van der Waals surface area contributed by atoms with E-state index in [1.165, 1.54) is 12.1 Å². The van der Waals surface area contributed by atoms with Crippen LogP contribution in [0, 0.1) is 17.0 Å². The molecule has 1 rings (SSSR count). The van der Waals surface area contributed by atoms with Crippen LogP contribution in [0.25, 0.3) is 0 Å². The van der Waals surface area contributed by atoms with E-state index >= 15 is 0 Å². The Morgan fingerprint density at radius 2 is 2.12 bits per heavy atom. The van der Waals surface area contributed by atoms with Crippen molar-refractivity contribution in [2.24, 2.45) is 0 Å². The van der Waals surface area contributed by atoms with Crippen molar-refractivity contribution in [1.29, 1.82) is 0 Å². The average Bonchev–Trinajstić information content (AvgIpc) is 2.19. The summed E-state index contributed by atoms with van der Waals surface area (Å²) < 4.78 is 0. The molecule has 7 heteroatoms. The summed E-state index contributed by atoms with van der Waals surface area (Å²) in [5.74, 6) is -2.10. The van der Waals surface area contributed by atoms with Gasteiger partial charge in [-0.3, -0.25) is 19.7 Å². The third-order valence-electron chi connectivity index (χ3n) is 1.94. The number of amides is 1. The fourth-order valence-corrected chi connectivity index (χ4v) is 1.23. The van der Waals surface area contributed by atoms with Gasteiger partial charge in [-0.25, -0.2) is 0 Å². The van der Waals surface area contributed by atoms with Crippen LogP contribution in [0.2, 0.25) is 0 Å². The molecule has 2 N–H and O–H groups in total. The number of aryl methyl sites for hydroxylation is 1. The first-order chi connectivity index (χ1) is 7.90.